The van der Waals surface area contributed by atoms with Crippen LogP contribution in [-0.4, -0.2) is 12.1 Å². The number of thiocarbonyl (C=S) groups is 1. The highest BCUT2D eigenvalue weighted by Crippen LogP contribution is 2.27. The lowest BCUT2D eigenvalue weighted by Gasteiger charge is -2.12. The van der Waals surface area contributed by atoms with Crippen molar-refractivity contribution in [3.63, 3.8) is 0 Å². The van der Waals surface area contributed by atoms with Gasteiger partial charge in [0.2, 0.25) is 0 Å². The fourth-order valence-corrected chi connectivity index (χ4v) is 2.61. The monoisotopic (exact) mass is 355 g/mol. The van der Waals surface area contributed by atoms with Gasteiger partial charge in [0.05, 0.1) is 23.4 Å². The van der Waals surface area contributed by atoms with E-state index in [0.717, 1.165) is 21.5 Å². The normalized spacial score (nSPS) is 10.1. The third-order valence-electron chi connectivity index (χ3n) is 2.53. The number of halogens is 2. The highest BCUT2D eigenvalue weighted by Gasteiger charge is 2.09. The lowest BCUT2D eigenvalue weighted by molar-refractivity contribution is 0.414. The van der Waals surface area contributed by atoms with Crippen LogP contribution in [0.5, 0.6) is 5.75 Å². The minimum Gasteiger partial charge on any atom is -0.496 e. The minimum atomic E-state index is 0.571. The Morgan fingerprint density at radius 1 is 1.26 bits per heavy atom. The Morgan fingerprint density at radius 2 is 2.00 bits per heavy atom. The molecule has 0 spiro atoms. The van der Waals surface area contributed by atoms with E-state index in [1.54, 1.807) is 7.11 Å². The van der Waals surface area contributed by atoms with E-state index in [4.69, 9.17) is 28.6 Å². The van der Waals surface area contributed by atoms with Crippen molar-refractivity contribution in [2.45, 2.75) is 0 Å². The van der Waals surface area contributed by atoms with E-state index in [0.29, 0.717) is 10.0 Å². The highest BCUT2D eigenvalue weighted by molar-refractivity contribution is 9.10. The number of methoxy groups -OCH3 is 1. The summed E-state index contributed by atoms with van der Waals surface area (Å²) in [6.07, 6.45) is 0. The number of benzene rings is 2. The second-order valence-corrected chi connectivity index (χ2v) is 5.51. The molecule has 2 aromatic carbocycles. The Bertz CT molecular complexity index is 618. The summed E-state index contributed by atoms with van der Waals surface area (Å²) >= 11 is 14.9. The molecule has 0 aromatic heterocycles. The van der Waals surface area contributed by atoms with Gasteiger partial charge in [0.25, 0.3) is 0 Å². The third kappa shape index (κ3) is 3.47. The van der Waals surface area contributed by atoms with E-state index >= 15 is 0 Å². The summed E-state index contributed by atoms with van der Waals surface area (Å²) < 4.78 is 6.21. The van der Waals surface area contributed by atoms with Crippen molar-refractivity contribution in [1.29, 1.82) is 0 Å². The summed E-state index contributed by atoms with van der Waals surface area (Å²) in [5.74, 6) is 0.730. The van der Waals surface area contributed by atoms with Crippen LogP contribution in [0.15, 0.2) is 46.9 Å². The molecule has 19 heavy (non-hydrogen) atoms. The Labute approximate surface area is 130 Å². The zero-order chi connectivity index (χ0) is 13.8. The molecule has 98 valence electrons. The van der Waals surface area contributed by atoms with Crippen LogP contribution in [-0.2, 0) is 0 Å². The summed E-state index contributed by atoms with van der Waals surface area (Å²) in [6.45, 7) is 0. The number of anilines is 1. The lowest BCUT2D eigenvalue weighted by atomic mass is 10.2. The van der Waals surface area contributed by atoms with Crippen LogP contribution in [0.25, 0.3) is 0 Å². The maximum absolute atomic E-state index is 6.15. The molecule has 0 unspecified atom stereocenters. The molecule has 0 aliphatic rings. The van der Waals surface area contributed by atoms with Crippen molar-refractivity contribution >= 4 is 50.4 Å². The molecule has 0 aliphatic carbocycles. The van der Waals surface area contributed by atoms with Gasteiger partial charge >= 0.3 is 0 Å². The molecule has 0 radical (unpaired) electrons. The second kappa shape index (κ2) is 6.37. The van der Waals surface area contributed by atoms with Gasteiger partial charge in [-0.15, -0.1) is 0 Å². The quantitative estimate of drug-likeness (QED) is 0.790. The van der Waals surface area contributed by atoms with Gasteiger partial charge < -0.3 is 10.1 Å². The van der Waals surface area contributed by atoms with Crippen LogP contribution in [0, 0.1) is 0 Å². The molecule has 0 atom stereocenters. The minimum absolute atomic E-state index is 0.571. The summed E-state index contributed by atoms with van der Waals surface area (Å²) in [4.78, 5) is 0.571. The fraction of sp³-hybridized carbons (Fsp3) is 0.0714. The van der Waals surface area contributed by atoms with E-state index in [2.05, 4.69) is 21.2 Å². The Balaban J connectivity index is 2.26. The number of rotatable bonds is 3. The first kappa shape index (κ1) is 14.3. The van der Waals surface area contributed by atoms with Crippen LogP contribution in [0.3, 0.4) is 0 Å². The average Bonchev–Trinajstić information content (AvgIpc) is 2.41. The van der Waals surface area contributed by atoms with Crippen molar-refractivity contribution in [1.82, 2.24) is 0 Å². The van der Waals surface area contributed by atoms with E-state index < -0.39 is 0 Å². The van der Waals surface area contributed by atoms with Crippen molar-refractivity contribution < 1.29 is 4.74 Å². The van der Waals surface area contributed by atoms with Crippen LogP contribution < -0.4 is 10.1 Å². The van der Waals surface area contributed by atoms with Gasteiger partial charge in [-0.3, -0.25) is 0 Å². The SMILES string of the molecule is COc1ccccc1C(=S)Nc1ccc(Br)cc1Cl. The third-order valence-corrected chi connectivity index (χ3v) is 3.66. The van der Waals surface area contributed by atoms with Gasteiger partial charge in [0, 0.05) is 4.47 Å². The molecular weight excluding hydrogens is 346 g/mol. The number of hydrogen-bond donors (Lipinski definition) is 1. The second-order valence-electron chi connectivity index (χ2n) is 3.78. The molecule has 2 aromatic rings. The van der Waals surface area contributed by atoms with E-state index in [9.17, 15) is 0 Å². The molecule has 5 heteroatoms. The standard InChI is InChI=1S/C14H11BrClNOS/c1-18-13-5-3-2-4-10(13)14(19)17-12-7-6-9(15)8-11(12)16/h2-8H,1H3,(H,17,19). The molecule has 0 fully saturated rings. The first-order chi connectivity index (χ1) is 9.11. The predicted molar refractivity (Wildman–Crippen MR) is 87.5 cm³/mol. The first-order valence-electron chi connectivity index (χ1n) is 5.51. The molecule has 0 amide bonds. The van der Waals surface area contributed by atoms with E-state index in [1.165, 1.54) is 0 Å². The first-order valence-corrected chi connectivity index (χ1v) is 7.09. The van der Waals surface area contributed by atoms with Crippen molar-refractivity contribution in [2.75, 3.05) is 12.4 Å². The predicted octanol–water partition coefficient (Wildman–Crippen LogP) is 4.90. The number of hydrogen-bond acceptors (Lipinski definition) is 2. The Hall–Kier alpha value is -1.10. The Morgan fingerprint density at radius 3 is 2.68 bits per heavy atom. The molecule has 1 N–H and O–H groups in total. The van der Waals surface area contributed by atoms with Gasteiger partial charge in [-0.25, -0.2) is 0 Å². The molecule has 0 saturated carbocycles. The molecule has 2 rings (SSSR count). The zero-order valence-corrected chi connectivity index (χ0v) is 13.3. The molecular formula is C14H11BrClNOS. The maximum atomic E-state index is 6.15. The van der Waals surface area contributed by atoms with E-state index in [1.807, 2.05) is 42.5 Å². The molecule has 0 bridgehead atoms. The van der Waals surface area contributed by atoms with Crippen LogP contribution in [0.4, 0.5) is 5.69 Å². The van der Waals surface area contributed by atoms with Gasteiger partial charge in [0.15, 0.2) is 0 Å². The molecule has 0 aliphatic heterocycles. The zero-order valence-electron chi connectivity index (χ0n) is 10.1. The summed E-state index contributed by atoms with van der Waals surface area (Å²) in [5, 5.41) is 3.73. The molecule has 0 heterocycles. The van der Waals surface area contributed by atoms with Crippen LogP contribution in [0.1, 0.15) is 5.56 Å². The van der Waals surface area contributed by atoms with Gasteiger partial charge in [-0.05, 0) is 30.3 Å². The van der Waals surface area contributed by atoms with Gasteiger partial charge in [-0.2, -0.15) is 0 Å². The van der Waals surface area contributed by atoms with Crippen molar-refractivity contribution in [2.24, 2.45) is 0 Å². The summed E-state index contributed by atoms with van der Waals surface area (Å²) in [7, 11) is 1.62. The molecule has 2 nitrogen and oxygen atoms in total. The lowest BCUT2D eigenvalue weighted by Crippen LogP contribution is -2.12. The summed E-state index contributed by atoms with van der Waals surface area (Å²) in [6, 6.07) is 13.2. The van der Waals surface area contributed by atoms with Crippen LogP contribution in [0.2, 0.25) is 5.02 Å². The number of nitrogens with one attached hydrogen (secondary N) is 1. The number of para-hydroxylation sites is 1. The average molecular weight is 357 g/mol. The largest absolute Gasteiger partial charge is 0.496 e. The number of ether oxygens (including phenoxy) is 1. The van der Waals surface area contributed by atoms with Crippen molar-refractivity contribution in [3.05, 3.63) is 57.5 Å². The topological polar surface area (TPSA) is 21.3 Å². The molecule has 0 saturated heterocycles. The van der Waals surface area contributed by atoms with Gasteiger partial charge in [-0.1, -0.05) is 51.9 Å². The van der Waals surface area contributed by atoms with Gasteiger partial charge in [0.1, 0.15) is 10.7 Å². The highest BCUT2D eigenvalue weighted by atomic mass is 79.9. The smallest absolute Gasteiger partial charge is 0.129 e. The summed E-state index contributed by atoms with van der Waals surface area (Å²) in [5.41, 5.74) is 1.60. The van der Waals surface area contributed by atoms with Crippen molar-refractivity contribution in [3.8, 4) is 5.75 Å². The maximum Gasteiger partial charge on any atom is 0.129 e. The Kier molecular flexibility index (Phi) is 4.80. The van der Waals surface area contributed by atoms with E-state index in [-0.39, 0.29) is 0 Å². The fourth-order valence-electron chi connectivity index (χ4n) is 1.61. The van der Waals surface area contributed by atoms with Crippen LogP contribution >= 0.6 is 39.7 Å².